The van der Waals surface area contributed by atoms with E-state index in [1.165, 1.54) is 4.88 Å². The number of aryl methyl sites for hydroxylation is 1. The van der Waals surface area contributed by atoms with E-state index in [0.29, 0.717) is 30.8 Å². The summed E-state index contributed by atoms with van der Waals surface area (Å²) in [7, 11) is 0. The van der Waals surface area contributed by atoms with E-state index in [4.69, 9.17) is 5.73 Å². The van der Waals surface area contributed by atoms with Crippen LogP contribution in [0, 0.1) is 0 Å². The molecular formula is C20H26ClN3O2S. The molecule has 0 unspecified atom stereocenters. The predicted molar refractivity (Wildman–Crippen MR) is 113 cm³/mol. The molecule has 1 aromatic carbocycles. The van der Waals surface area contributed by atoms with Crippen molar-refractivity contribution in [2.75, 3.05) is 18.4 Å². The molecule has 0 spiro atoms. The van der Waals surface area contributed by atoms with Crippen LogP contribution in [0.15, 0.2) is 41.8 Å². The molecule has 3 N–H and O–H groups in total. The van der Waals surface area contributed by atoms with E-state index in [1.54, 1.807) is 23.5 Å². The Bertz CT molecular complexity index is 743. The van der Waals surface area contributed by atoms with Gasteiger partial charge in [-0.3, -0.25) is 9.59 Å². The zero-order valence-electron chi connectivity index (χ0n) is 15.2. The van der Waals surface area contributed by atoms with Gasteiger partial charge in [0, 0.05) is 41.7 Å². The Morgan fingerprint density at radius 2 is 1.96 bits per heavy atom. The summed E-state index contributed by atoms with van der Waals surface area (Å²) in [6.45, 7) is 1.39. The van der Waals surface area contributed by atoms with E-state index in [1.807, 2.05) is 28.5 Å². The number of rotatable bonds is 6. The second-order valence-corrected chi connectivity index (χ2v) is 7.72. The minimum Gasteiger partial charge on any atom is -0.339 e. The van der Waals surface area contributed by atoms with Crippen LogP contribution in [0.2, 0.25) is 0 Å². The first-order valence-electron chi connectivity index (χ1n) is 9.09. The van der Waals surface area contributed by atoms with Crippen molar-refractivity contribution in [2.45, 2.75) is 38.1 Å². The van der Waals surface area contributed by atoms with Gasteiger partial charge >= 0.3 is 0 Å². The van der Waals surface area contributed by atoms with Crippen molar-refractivity contribution in [1.29, 1.82) is 0 Å². The lowest BCUT2D eigenvalue weighted by Gasteiger charge is -2.30. The highest BCUT2D eigenvalue weighted by molar-refractivity contribution is 7.09. The summed E-state index contributed by atoms with van der Waals surface area (Å²) in [5, 5.41) is 4.95. The number of carbonyl (C=O) groups excluding carboxylic acids is 2. The lowest BCUT2D eigenvalue weighted by Crippen LogP contribution is -2.42. The summed E-state index contributed by atoms with van der Waals surface area (Å²) in [6.07, 6.45) is 3.89. The molecule has 1 aromatic heterocycles. The Morgan fingerprint density at radius 1 is 1.19 bits per heavy atom. The van der Waals surface area contributed by atoms with Gasteiger partial charge in [-0.2, -0.15) is 0 Å². The van der Waals surface area contributed by atoms with Crippen molar-refractivity contribution < 1.29 is 9.59 Å². The zero-order chi connectivity index (χ0) is 18.4. The van der Waals surface area contributed by atoms with Gasteiger partial charge in [0.25, 0.3) is 5.91 Å². The Hall–Kier alpha value is -1.89. The normalized spacial score (nSPS) is 14.5. The molecule has 0 aliphatic carbocycles. The number of nitrogens with two attached hydrogens (primary N) is 1. The smallest absolute Gasteiger partial charge is 0.253 e. The molecule has 1 aliphatic rings. The van der Waals surface area contributed by atoms with E-state index in [-0.39, 0.29) is 30.3 Å². The molecule has 0 atom stereocenters. The molecule has 1 saturated heterocycles. The Labute approximate surface area is 170 Å². The van der Waals surface area contributed by atoms with Crippen LogP contribution in [0.1, 0.15) is 40.9 Å². The molecule has 2 amide bonds. The number of nitrogens with zero attached hydrogens (tertiary/aromatic N) is 1. The minimum atomic E-state index is -0.0184. The largest absolute Gasteiger partial charge is 0.339 e. The van der Waals surface area contributed by atoms with E-state index < -0.39 is 0 Å². The summed E-state index contributed by atoms with van der Waals surface area (Å²) >= 11 is 1.72. The maximum atomic E-state index is 12.6. The Balaban J connectivity index is 0.00000261. The number of piperidine rings is 1. The van der Waals surface area contributed by atoms with Crippen molar-refractivity contribution in [2.24, 2.45) is 5.73 Å². The van der Waals surface area contributed by atoms with Crippen LogP contribution in [0.4, 0.5) is 5.69 Å². The molecule has 2 heterocycles. The fourth-order valence-corrected chi connectivity index (χ4v) is 3.87. The average Bonchev–Trinajstić information content (AvgIpc) is 3.15. The molecule has 1 fully saturated rings. The van der Waals surface area contributed by atoms with Gasteiger partial charge in [-0.1, -0.05) is 12.1 Å². The molecule has 2 aromatic rings. The summed E-state index contributed by atoms with van der Waals surface area (Å²) < 4.78 is 0. The monoisotopic (exact) mass is 407 g/mol. The van der Waals surface area contributed by atoms with Gasteiger partial charge in [-0.15, -0.1) is 23.7 Å². The average molecular weight is 408 g/mol. The lowest BCUT2D eigenvalue weighted by atomic mass is 10.0. The molecule has 5 nitrogen and oxygen atoms in total. The van der Waals surface area contributed by atoms with Crippen molar-refractivity contribution in [3.05, 3.63) is 52.2 Å². The highest BCUT2D eigenvalue weighted by atomic mass is 35.5. The quantitative estimate of drug-likeness (QED) is 0.766. The number of benzene rings is 1. The zero-order valence-corrected chi connectivity index (χ0v) is 16.9. The van der Waals surface area contributed by atoms with Gasteiger partial charge in [0.1, 0.15) is 0 Å². The van der Waals surface area contributed by atoms with Crippen molar-refractivity contribution in [3.8, 4) is 0 Å². The first kappa shape index (κ1) is 21.4. The van der Waals surface area contributed by atoms with Crippen molar-refractivity contribution in [1.82, 2.24) is 4.90 Å². The predicted octanol–water partition coefficient (Wildman–Crippen LogP) is 3.69. The number of anilines is 1. The number of carbonyl (C=O) groups is 2. The van der Waals surface area contributed by atoms with Crippen LogP contribution >= 0.6 is 23.7 Å². The summed E-state index contributed by atoms with van der Waals surface area (Å²) in [4.78, 5) is 27.9. The van der Waals surface area contributed by atoms with Gasteiger partial charge in [0.2, 0.25) is 5.91 Å². The number of hydrogen-bond acceptors (Lipinski definition) is 4. The van der Waals surface area contributed by atoms with Gasteiger partial charge in [0.15, 0.2) is 0 Å². The summed E-state index contributed by atoms with van der Waals surface area (Å²) in [5.41, 5.74) is 7.18. The van der Waals surface area contributed by atoms with E-state index in [2.05, 4.69) is 11.4 Å². The maximum Gasteiger partial charge on any atom is 0.253 e. The van der Waals surface area contributed by atoms with E-state index in [0.717, 1.165) is 25.7 Å². The second-order valence-electron chi connectivity index (χ2n) is 6.69. The molecule has 27 heavy (non-hydrogen) atoms. The fraction of sp³-hybridized carbons (Fsp3) is 0.400. The van der Waals surface area contributed by atoms with Gasteiger partial charge in [-0.05, 0) is 55.3 Å². The summed E-state index contributed by atoms with van der Waals surface area (Å²) in [6, 6.07) is 11.5. The SMILES string of the molecule is Cl.NC1CCN(C(=O)c2cccc(NC(=O)CCCc3cccs3)c2)CC1. The van der Waals surface area contributed by atoms with Crippen molar-refractivity contribution >= 4 is 41.2 Å². The molecule has 0 bridgehead atoms. The third kappa shape index (κ3) is 6.34. The highest BCUT2D eigenvalue weighted by Crippen LogP contribution is 2.17. The number of amides is 2. The second kappa shape index (κ2) is 10.4. The number of likely N-dealkylation sites (tertiary alicyclic amines) is 1. The maximum absolute atomic E-state index is 12.6. The van der Waals surface area contributed by atoms with E-state index in [9.17, 15) is 9.59 Å². The standard InChI is InChI=1S/C20H25N3O2S.ClH/c21-16-9-11-23(12-10-16)20(25)15-4-1-5-17(14-15)22-19(24)8-2-6-18-7-3-13-26-18;/h1,3-5,7,13-14,16H,2,6,8-12,21H2,(H,22,24);1H. The lowest BCUT2D eigenvalue weighted by molar-refractivity contribution is -0.116. The molecule has 146 valence electrons. The van der Waals surface area contributed by atoms with Crippen LogP contribution in [-0.2, 0) is 11.2 Å². The third-order valence-electron chi connectivity index (χ3n) is 4.63. The molecule has 0 radical (unpaired) electrons. The first-order chi connectivity index (χ1) is 12.6. The van der Waals surface area contributed by atoms with Crippen LogP contribution in [0.25, 0.3) is 0 Å². The molecular weight excluding hydrogens is 382 g/mol. The topological polar surface area (TPSA) is 75.4 Å². The van der Waals surface area contributed by atoms with Gasteiger partial charge in [0.05, 0.1) is 0 Å². The molecule has 1 aliphatic heterocycles. The first-order valence-corrected chi connectivity index (χ1v) is 9.97. The Kier molecular flexibility index (Phi) is 8.28. The highest BCUT2D eigenvalue weighted by Gasteiger charge is 2.21. The minimum absolute atomic E-state index is 0. The fourth-order valence-electron chi connectivity index (χ4n) is 3.12. The summed E-state index contributed by atoms with van der Waals surface area (Å²) in [5.74, 6) is -0.0132. The number of hydrogen-bond donors (Lipinski definition) is 2. The number of halogens is 1. The van der Waals surface area contributed by atoms with Crippen LogP contribution < -0.4 is 11.1 Å². The molecule has 0 saturated carbocycles. The molecule has 3 rings (SSSR count). The Morgan fingerprint density at radius 3 is 2.67 bits per heavy atom. The van der Waals surface area contributed by atoms with Crippen LogP contribution in [0.5, 0.6) is 0 Å². The van der Waals surface area contributed by atoms with Gasteiger partial charge < -0.3 is 16.0 Å². The van der Waals surface area contributed by atoms with Gasteiger partial charge in [-0.25, -0.2) is 0 Å². The van der Waals surface area contributed by atoms with Crippen LogP contribution in [0.3, 0.4) is 0 Å². The third-order valence-corrected chi connectivity index (χ3v) is 5.56. The van der Waals surface area contributed by atoms with Crippen molar-refractivity contribution in [3.63, 3.8) is 0 Å². The molecule has 7 heteroatoms. The van der Waals surface area contributed by atoms with Crippen LogP contribution in [-0.4, -0.2) is 35.8 Å². The number of nitrogens with one attached hydrogen (secondary N) is 1. The number of thiophene rings is 1. The van der Waals surface area contributed by atoms with E-state index >= 15 is 0 Å².